The largest absolute Gasteiger partial charge is 0.508 e. The maximum atomic E-state index is 12.9. The number of phenolic OH excluding ortho intramolecular Hbond substituents is 1. The first-order chi connectivity index (χ1) is 11.1. The molecule has 0 saturated heterocycles. The molecule has 3 aromatic rings. The Kier molecular flexibility index (Phi) is 4.24. The molecule has 0 unspecified atom stereocenters. The number of nitrogens with zero attached hydrogens (tertiary/aromatic N) is 1. The van der Waals surface area contributed by atoms with Gasteiger partial charge in [0.2, 0.25) is 0 Å². The third-order valence-corrected chi connectivity index (χ3v) is 3.73. The van der Waals surface area contributed by atoms with Crippen LogP contribution in [0, 0.1) is 5.82 Å². The summed E-state index contributed by atoms with van der Waals surface area (Å²) in [5.74, 6) is -0.0806. The maximum Gasteiger partial charge on any atom is 0.255 e. The van der Waals surface area contributed by atoms with Gasteiger partial charge in [0.1, 0.15) is 11.6 Å². The maximum absolute atomic E-state index is 12.9. The molecule has 0 atom stereocenters. The lowest BCUT2D eigenvalue weighted by Crippen LogP contribution is -2.17. The predicted octanol–water partition coefficient (Wildman–Crippen LogP) is 3.47. The second-order valence-corrected chi connectivity index (χ2v) is 5.39. The van der Waals surface area contributed by atoms with Crippen molar-refractivity contribution in [3.05, 3.63) is 94.2 Å². The van der Waals surface area contributed by atoms with Crippen molar-refractivity contribution in [3.63, 3.8) is 0 Å². The molecule has 0 aliphatic rings. The van der Waals surface area contributed by atoms with E-state index in [2.05, 4.69) is 0 Å². The molecule has 2 aromatic carbocycles. The molecule has 0 bridgehead atoms. The van der Waals surface area contributed by atoms with Gasteiger partial charge in [-0.25, -0.2) is 4.39 Å². The van der Waals surface area contributed by atoms with Gasteiger partial charge in [-0.15, -0.1) is 0 Å². The van der Waals surface area contributed by atoms with E-state index in [0.717, 1.165) is 24.0 Å². The van der Waals surface area contributed by atoms with E-state index in [4.69, 9.17) is 0 Å². The Morgan fingerprint density at radius 1 is 0.870 bits per heavy atom. The summed E-state index contributed by atoms with van der Waals surface area (Å²) in [6.07, 6.45) is 3.20. The predicted molar refractivity (Wildman–Crippen MR) is 87.5 cm³/mol. The van der Waals surface area contributed by atoms with Crippen LogP contribution in [-0.4, -0.2) is 9.67 Å². The first-order valence-electron chi connectivity index (χ1n) is 7.37. The van der Waals surface area contributed by atoms with Gasteiger partial charge in [-0.2, -0.15) is 0 Å². The summed E-state index contributed by atoms with van der Waals surface area (Å²) in [4.78, 5) is 12.2. The van der Waals surface area contributed by atoms with E-state index in [1.807, 2.05) is 6.07 Å². The zero-order chi connectivity index (χ0) is 16.2. The standard InChI is InChI=1S/C19H16FNO2/c20-16-5-3-14(4-6-16)1-2-15-11-12-21(19(23)13-15)17-7-9-18(22)10-8-17/h3-13,22H,1-2H2. The summed E-state index contributed by atoms with van der Waals surface area (Å²) in [6, 6.07) is 16.4. The molecule has 3 rings (SSSR count). The summed E-state index contributed by atoms with van der Waals surface area (Å²) >= 11 is 0. The van der Waals surface area contributed by atoms with Crippen molar-refractivity contribution >= 4 is 0 Å². The average molecular weight is 309 g/mol. The normalized spacial score (nSPS) is 10.7. The number of hydrogen-bond acceptors (Lipinski definition) is 2. The minimum Gasteiger partial charge on any atom is -0.508 e. The second kappa shape index (κ2) is 6.48. The van der Waals surface area contributed by atoms with Crippen LogP contribution in [0.2, 0.25) is 0 Å². The van der Waals surface area contributed by atoms with Crippen LogP contribution in [0.25, 0.3) is 5.69 Å². The van der Waals surface area contributed by atoms with Crippen molar-refractivity contribution in [2.75, 3.05) is 0 Å². The van der Waals surface area contributed by atoms with Gasteiger partial charge in [0.25, 0.3) is 5.56 Å². The summed E-state index contributed by atoms with van der Waals surface area (Å²) < 4.78 is 14.4. The van der Waals surface area contributed by atoms with Crippen LogP contribution < -0.4 is 5.56 Å². The van der Waals surface area contributed by atoms with E-state index in [9.17, 15) is 14.3 Å². The van der Waals surface area contributed by atoms with E-state index in [1.54, 1.807) is 48.7 Å². The van der Waals surface area contributed by atoms with Crippen LogP contribution in [0.1, 0.15) is 11.1 Å². The van der Waals surface area contributed by atoms with Crippen molar-refractivity contribution in [2.24, 2.45) is 0 Å². The molecule has 1 heterocycles. The van der Waals surface area contributed by atoms with Gasteiger partial charge in [-0.3, -0.25) is 9.36 Å². The fourth-order valence-corrected chi connectivity index (χ4v) is 2.44. The second-order valence-electron chi connectivity index (χ2n) is 5.39. The molecular weight excluding hydrogens is 293 g/mol. The quantitative estimate of drug-likeness (QED) is 0.802. The summed E-state index contributed by atoms with van der Waals surface area (Å²) in [5, 5.41) is 9.30. The SMILES string of the molecule is O=c1cc(CCc2ccc(F)cc2)ccn1-c1ccc(O)cc1. The Morgan fingerprint density at radius 2 is 1.52 bits per heavy atom. The van der Waals surface area contributed by atoms with Gasteiger partial charge in [-0.05, 0) is 66.4 Å². The summed E-state index contributed by atoms with van der Waals surface area (Å²) in [5.41, 5.74) is 2.56. The lowest BCUT2D eigenvalue weighted by atomic mass is 10.1. The van der Waals surface area contributed by atoms with E-state index in [1.165, 1.54) is 16.7 Å². The molecule has 0 aliphatic heterocycles. The Bertz CT molecular complexity index is 852. The number of rotatable bonds is 4. The smallest absolute Gasteiger partial charge is 0.255 e. The summed E-state index contributed by atoms with van der Waals surface area (Å²) in [7, 11) is 0. The molecule has 1 aromatic heterocycles. The number of benzene rings is 2. The minimum absolute atomic E-state index is 0.118. The highest BCUT2D eigenvalue weighted by molar-refractivity contribution is 5.37. The Morgan fingerprint density at radius 3 is 2.17 bits per heavy atom. The molecule has 1 N–H and O–H groups in total. The van der Waals surface area contributed by atoms with E-state index >= 15 is 0 Å². The Hall–Kier alpha value is -2.88. The highest BCUT2D eigenvalue weighted by Gasteiger charge is 2.03. The number of hydrogen-bond donors (Lipinski definition) is 1. The molecule has 23 heavy (non-hydrogen) atoms. The van der Waals surface area contributed by atoms with Crippen LogP contribution in [0.5, 0.6) is 5.75 Å². The van der Waals surface area contributed by atoms with Gasteiger partial charge < -0.3 is 5.11 Å². The monoisotopic (exact) mass is 309 g/mol. The molecule has 0 amide bonds. The van der Waals surface area contributed by atoms with Crippen LogP contribution in [0.3, 0.4) is 0 Å². The molecular formula is C19H16FNO2. The lowest BCUT2D eigenvalue weighted by Gasteiger charge is -2.07. The van der Waals surface area contributed by atoms with E-state index in [-0.39, 0.29) is 17.1 Å². The van der Waals surface area contributed by atoms with Crippen LogP contribution in [-0.2, 0) is 12.8 Å². The van der Waals surface area contributed by atoms with Crippen LogP contribution in [0.15, 0.2) is 71.7 Å². The fourth-order valence-electron chi connectivity index (χ4n) is 2.44. The van der Waals surface area contributed by atoms with Gasteiger partial charge in [0, 0.05) is 18.0 Å². The molecule has 0 saturated carbocycles. The van der Waals surface area contributed by atoms with Gasteiger partial charge >= 0.3 is 0 Å². The number of halogens is 1. The number of pyridine rings is 1. The topological polar surface area (TPSA) is 42.2 Å². The highest BCUT2D eigenvalue weighted by Crippen LogP contribution is 2.13. The van der Waals surface area contributed by atoms with Crippen molar-refractivity contribution in [1.29, 1.82) is 0 Å². The van der Waals surface area contributed by atoms with Crippen molar-refractivity contribution in [2.45, 2.75) is 12.8 Å². The zero-order valence-corrected chi connectivity index (χ0v) is 12.4. The van der Waals surface area contributed by atoms with E-state index < -0.39 is 0 Å². The minimum atomic E-state index is -0.245. The molecule has 3 nitrogen and oxygen atoms in total. The molecule has 0 radical (unpaired) electrons. The lowest BCUT2D eigenvalue weighted by molar-refractivity contribution is 0.475. The number of aromatic hydroxyl groups is 1. The Balaban J connectivity index is 1.75. The van der Waals surface area contributed by atoms with Crippen LogP contribution >= 0.6 is 0 Å². The summed E-state index contributed by atoms with van der Waals surface area (Å²) in [6.45, 7) is 0. The molecule has 4 heteroatoms. The van der Waals surface area contributed by atoms with Crippen molar-refractivity contribution in [3.8, 4) is 11.4 Å². The first kappa shape index (κ1) is 15.0. The number of phenols is 1. The molecule has 0 aliphatic carbocycles. The molecule has 116 valence electrons. The zero-order valence-electron chi connectivity index (χ0n) is 12.4. The van der Waals surface area contributed by atoms with Gasteiger partial charge in [0.05, 0.1) is 0 Å². The molecule has 0 spiro atoms. The number of aromatic nitrogens is 1. The van der Waals surface area contributed by atoms with Crippen molar-refractivity contribution < 1.29 is 9.50 Å². The third kappa shape index (κ3) is 3.66. The first-order valence-corrected chi connectivity index (χ1v) is 7.37. The molecule has 0 fully saturated rings. The Labute approximate surface area is 133 Å². The van der Waals surface area contributed by atoms with E-state index in [0.29, 0.717) is 5.69 Å². The average Bonchev–Trinajstić information content (AvgIpc) is 2.55. The third-order valence-electron chi connectivity index (χ3n) is 3.73. The van der Waals surface area contributed by atoms with Gasteiger partial charge in [-0.1, -0.05) is 12.1 Å². The number of aryl methyl sites for hydroxylation is 2. The fraction of sp³-hybridized carbons (Fsp3) is 0.105. The van der Waals surface area contributed by atoms with Crippen LogP contribution in [0.4, 0.5) is 4.39 Å². The highest BCUT2D eigenvalue weighted by atomic mass is 19.1. The van der Waals surface area contributed by atoms with Gasteiger partial charge in [0.15, 0.2) is 0 Å². The van der Waals surface area contributed by atoms with Crippen molar-refractivity contribution in [1.82, 2.24) is 4.57 Å².